The van der Waals surface area contributed by atoms with Crippen molar-refractivity contribution in [3.63, 3.8) is 0 Å². The molecule has 0 N–H and O–H groups in total. The van der Waals surface area contributed by atoms with Crippen molar-refractivity contribution in [2.45, 2.75) is 73.0 Å². The van der Waals surface area contributed by atoms with Crippen molar-refractivity contribution >= 4 is 11.8 Å². The second-order valence-electron chi connectivity index (χ2n) is 10.8. The number of amides is 2. The Kier molecular flexibility index (Phi) is 8.18. The van der Waals surface area contributed by atoms with Crippen LogP contribution in [0.1, 0.15) is 76.0 Å². The van der Waals surface area contributed by atoms with Gasteiger partial charge in [-0.1, -0.05) is 58.9 Å². The molecule has 1 aliphatic rings. The lowest BCUT2D eigenvalue weighted by Gasteiger charge is -2.33. The molecule has 1 unspecified atom stereocenters. The van der Waals surface area contributed by atoms with Crippen molar-refractivity contribution in [3.05, 3.63) is 53.2 Å². The molecule has 0 bridgehead atoms. The fourth-order valence-electron chi connectivity index (χ4n) is 4.15. The normalized spacial score (nSPS) is 15.8. The maximum absolute atomic E-state index is 12.9. The number of nitrogens with zero attached hydrogens (tertiary/aromatic N) is 4. The largest absolute Gasteiger partial charge is 0.447 e. The molecule has 0 saturated carbocycles. The monoisotopic (exact) mass is 468 g/mol. The lowest BCUT2D eigenvalue weighted by Crippen LogP contribution is -2.50. The van der Waals surface area contributed by atoms with E-state index in [0.717, 1.165) is 6.54 Å². The first-order chi connectivity index (χ1) is 16.0. The van der Waals surface area contributed by atoms with E-state index < -0.39 is 0 Å². The third-order valence-electron chi connectivity index (χ3n) is 6.87. The van der Waals surface area contributed by atoms with Gasteiger partial charge < -0.3 is 14.2 Å². The summed E-state index contributed by atoms with van der Waals surface area (Å²) in [6.07, 6.45) is 1.46. The summed E-state index contributed by atoms with van der Waals surface area (Å²) in [6.45, 7) is 18.3. The van der Waals surface area contributed by atoms with Crippen LogP contribution in [0.15, 0.2) is 34.9 Å². The summed E-state index contributed by atoms with van der Waals surface area (Å²) in [6, 6.07) is 9.13. The summed E-state index contributed by atoms with van der Waals surface area (Å²) in [5.41, 5.74) is 3.02. The molecule has 1 aliphatic heterocycles. The molecule has 2 amide bonds. The van der Waals surface area contributed by atoms with E-state index in [1.54, 1.807) is 16.7 Å². The van der Waals surface area contributed by atoms with E-state index in [1.165, 1.54) is 17.4 Å². The highest BCUT2D eigenvalue weighted by Gasteiger charge is 2.26. The minimum atomic E-state index is -0.139. The molecular weight excluding hydrogens is 428 g/mol. The number of carbonyl (C=O) groups is 2. The summed E-state index contributed by atoms with van der Waals surface area (Å²) in [4.78, 5) is 34.8. The maximum Gasteiger partial charge on any atom is 0.275 e. The summed E-state index contributed by atoms with van der Waals surface area (Å²) in [7, 11) is 0. The molecule has 1 aromatic carbocycles. The first kappa shape index (κ1) is 25.9. The fourth-order valence-corrected chi connectivity index (χ4v) is 4.15. The van der Waals surface area contributed by atoms with Gasteiger partial charge in [-0.25, -0.2) is 4.98 Å². The summed E-state index contributed by atoms with van der Waals surface area (Å²) in [5.74, 6) is 0.912. The summed E-state index contributed by atoms with van der Waals surface area (Å²) >= 11 is 0. The molecule has 3 rings (SSSR count). The Morgan fingerprint density at radius 3 is 2.12 bits per heavy atom. The number of benzene rings is 1. The van der Waals surface area contributed by atoms with Gasteiger partial charge in [0, 0.05) is 45.7 Å². The van der Waals surface area contributed by atoms with Crippen LogP contribution in [-0.4, -0.2) is 63.7 Å². The van der Waals surface area contributed by atoms with Crippen LogP contribution in [0.2, 0.25) is 0 Å². The number of oxazole rings is 1. The maximum atomic E-state index is 12.9. The average Bonchev–Trinajstić information content (AvgIpc) is 3.26. The van der Waals surface area contributed by atoms with Gasteiger partial charge in [-0.2, -0.15) is 0 Å². The number of aromatic nitrogens is 1. The van der Waals surface area contributed by atoms with E-state index >= 15 is 0 Å². The SMILES string of the molecule is CC(=O)N1CCN(C(=O)c2coc(CN(Cc3ccc(C(C)(C)C)cc3)C(C)C(C)C)n2)CC1. The highest BCUT2D eigenvalue weighted by atomic mass is 16.3. The van der Waals surface area contributed by atoms with E-state index in [0.29, 0.717) is 56.3 Å². The lowest BCUT2D eigenvalue weighted by atomic mass is 9.86. The second kappa shape index (κ2) is 10.7. The van der Waals surface area contributed by atoms with Crippen LogP contribution in [0, 0.1) is 5.92 Å². The highest BCUT2D eigenvalue weighted by molar-refractivity contribution is 5.92. The van der Waals surface area contributed by atoms with Gasteiger partial charge in [0.05, 0.1) is 6.54 Å². The van der Waals surface area contributed by atoms with E-state index in [2.05, 4.69) is 75.7 Å². The Hall–Kier alpha value is -2.67. The molecule has 1 aromatic heterocycles. The minimum Gasteiger partial charge on any atom is -0.447 e. The van der Waals surface area contributed by atoms with Crippen molar-refractivity contribution in [3.8, 4) is 0 Å². The predicted molar refractivity (Wildman–Crippen MR) is 133 cm³/mol. The first-order valence-electron chi connectivity index (χ1n) is 12.3. The molecule has 186 valence electrons. The van der Waals surface area contributed by atoms with Gasteiger partial charge in [-0.05, 0) is 29.4 Å². The zero-order chi connectivity index (χ0) is 25.0. The number of hydrogen-bond acceptors (Lipinski definition) is 5. The van der Waals surface area contributed by atoms with Gasteiger partial charge in [-0.15, -0.1) is 0 Å². The standard InChI is InChI=1S/C27H40N4O3/c1-19(2)20(3)31(16-22-8-10-23(11-9-22)27(5,6)7)17-25-28-24(18-34-25)26(33)30-14-12-29(13-15-30)21(4)32/h8-11,18-20H,12-17H2,1-7H3. The zero-order valence-electron chi connectivity index (χ0n) is 21.8. The quantitative estimate of drug-likeness (QED) is 0.605. The van der Waals surface area contributed by atoms with Crippen LogP contribution >= 0.6 is 0 Å². The van der Waals surface area contributed by atoms with Gasteiger partial charge in [0.25, 0.3) is 5.91 Å². The van der Waals surface area contributed by atoms with Crippen LogP contribution < -0.4 is 0 Å². The van der Waals surface area contributed by atoms with E-state index in [1.807, 2.05) is 0 Å². The van der Waals surface area contributed by atoms with Gasteiger partial charge >= 0.3 is 0 Å². The Bertz CT molecular complexity index is 967. The summed E-state index contributed by atoms with van der Waals surface area (Å²) < 4.78 is 5.73. The lowest BCUT2D eigenvalue weighted by molar-refractivity contribution is -0.130. The molecule has 2 heterocycles. The number of rotatable bonds is 7. The van der Waals surface area contributed by atoms with Gasteiger partial charge in [0.15, 0.2) is 5.69 Å². The highest BCUT2D eigenvalue weighted by Crippen LogP contribution is 2.24. The molecular formula is C27H40N4O3. The summed E-state index contributed by atoms with van der Waals surface area (Å²) in [5, 5.41) is 0. The molecule has 2 aromatic rings. The van der Waals surface area contributed by atoms with Crippen LogP contribution in [-0.2, 0) is 23.3 Å². The first-order valence-corrected chi connectivity index (χ1v) is 12.3. The van der Waals surface area contributed by atoms with Crippen LogP contribution in [0.4, 0.5) is 0 Å². The topological polar surface area (TPSA) is 69.9 Å². The third kappa shape index (κ3) is 6.47. The molecule has 7 heteroatoms. The Morgan fingerprint density at radius 1 is 1.00 bits per heavy atom. The Balaban J connectivity index is 1.68. The minimum absolute atomic E-state index is 0.0447. The molecule has 0 aliphatic carbocycles. The molecule has 0 spiro atoms. The van der Waals surface area contributed by atoms with Crippen LogP contribution in [0.5, 0.6) is 0 Å². The van der Waals surface area contributed by atoms with Crippen LogP contribution in [0.3, 0.4) is 0 Å². The molecule has 1 atom stereocenters. The van der Waals surface area contributed by atoms with E-state index in [9.17, 15) is 9.59 Å². The van der Waals surface area contributed by atoms with Crippen molar-refractivity contribution < 1.29 is 14.0 Å². The van der Waals surface area contributed by atoms with Gasteiger partial charge in [-0.3, -0.25) is 14.5 Å². The van der Waals surface area contributed by atoms with Crippen molar-refractivity contribution in [2.24, 2.45) is 5.92 Å². The number of carbonyl (C=O) groups excluding carboxylic acids is 2. The van der Waals surface area contributed by atoms with Gasteiger partial charge in [0.1, 0.15) is 6.26 Å². The number of piperazine rings is 1. The van der Waals surface area contributed by atoms with E-state index in [-0.39, 0.29) is 17.2 Å². The van der Waals surface area contributed by atoms with E-state index in [4.69, 9.17) is 4.42 Å². The second-order valence-corrected chi connectivity index (χ2v) is 10.8. The molecule has 7 nitrogen and oxygen atoms in total. The smallest absolute Gasteiger partial charge is 0.275 e. The molecule has 34 heavy (non-hydrogen) atoms. The molecule has 0 radical (unpaired) electrons. The van der Waals surface area contributed by atoms with Crippen molar-refractivity contribution in [1.82, 2.24) is 19.7 Å². The average molecular weight is 469 g/mol. The Morgan fingerprint density at radius 2 is 1.59 bits per heavy atom. The Labute approximate surface area is 204 Å². The fraction of sp³-hybridized carbons (Fsp3) is 0.593. The molecule has 1 saturated heterocycles. The van der Waals surface area contributed by atoms with Gasteiger partial charge in [0.2, 0.25) is 11.8 Å². The third-order valence-corrected chi connectivity index (χ3v) is 6.87. The number of hydrogen-bond donors (Lipinski definition) is 0. The predicted octanol–water partition coefficient (Wildman–Crippen LogP) is 4.32. The van der Waals surface area contributed by atoms with Crippen molar-refractivity contribution in [1.29, 1.82) is 0 Å². The van der Waals surface area contributed by atoms with Crippen LogP contribution in [0.25, 0.3) is 0 Å². The van der Waals surface area contributed by atoms with Crippen molar-refractivity contribution in [2.75, 3.05) is 26.2 Å². The zero-order valence-corrected chi connectivity index (χ0v) is 21.8. The molecule has 1 fully saturated rings.